The van der Waals surface area contributed by atoms with Gasteiger partial charge in [0.05, 0.1) is 6.42 Å². The van der Waals surface area contributed by atoms with Gasteiger partial charge in [0.1, 0.15) is 18.1 Å². The molecule has 2 aliphatic rings. The first kappa shape index (κ1) is 31.5. The third-order valence-electron chi connectivity index (χ3n) is 8.09. The molecule has 2 saturated heterocycles. The standard InChI is InChI=1S/C32H43N7O4/c33-32(34)36-20-8-14-25(29(41)35-19-7-13-22-9-3-1-4-10-22)38-30(42)27-18-16-24-15-17-26(31(43)39(24)27)37-28(40)21-23-11-5-2-6-12-23/h1-6,9-12,24-27H,7-8,13-21H2,(H,35,41)(H,37,40)(H,38,42)(H4,33,34,36)/t24-,25-,26?,27?/m0/s1. The summed E-state index contributed by atoms with van der Waals surface area (Å²) in [5.41, 5.74) is 7.43. The fraction of sp³-hybridized carbons (Fsp3) is 0.469. The summed E-state index contributed by atoms with van der Waals surface area (Å²) in [5, 5.41) is 18.8. The van der Waals surface area contributed by atoms with Gasteiger partial charge >= 0.3 is 0 Å². The van der Waals surface area contributed by atoms with E-state index < -0.39 is 18.1 Å². The van der Waals surface area contributed by atoms with Crippen LogP contribution in [0.2, 0.25) is 0 Å². The summed E-state index contributed by atoms with van der Waals surface area (Å²) >= 11 is 0. The van der Waals surface area contributed by atoms with Gasteiger partial charge in [-0.1, -0.05) is 60.7 Å². The van der Waals surface area contributed by atoms with Crippen LogP contribution in [0.25, 0.3) is 0 Å². The molecule has 2 fully saturated rings. The Morgan fingerprint density at radius 3 is 2.23 bits per heavy atom. The van der Waals surface area contributed by atoms with E-state index in [0.29, 0.717) is 51.6 Å². The van der Waals surface area contributed by atoms with E-state index in [9.17, 15) is 19.2 Å². The van der Waals surface area contributed by atoms with Gasteiger partial charge in [-0.3, -0.25) is 24.6 Å². The summed E-state index contributed by atoms with van der Waals surface area (Å²) in [4.78, 5) is 54.5. The number of guanidine groups is 1. The molecule has 2 aliphatic heterocycles. The Hall–Kier alpha value is -4.41. The van der Waals surface area contributed by atoms with Crippen LogP contribution in [0.5, 0.6) is 0 Å². The Balaban J connectivity index is 1.33. The van der Waals surface area contributed by atoms with Crippen LogP contribution in [0, 0.1) is 5.41 Å². The fourth-order valence-electron chi connectivity index (χ4n) is 5.92. The van der Waals surface area contributed by atoms with Gasteiger partial charge in [0.25, 0.3) is 0 Å². The minimum atomic E-state index is -0.793. The molecule has 0 aromatic heterocycles. The van der Waals surface area contributed by atoms with Gasteiger partial charge in [0, 0.05) is 19.1 Å². The third kappa shape index (κ3) is 9.29. The van der Waals surface area contributed by atoms with Gasteiger partial charge in [-0.25, -0.2) is 0 Å². The number of amides is 4. The molecule has 4 rings (SSSR count). The molecule has 0 saturated carbocycles. The van der Waals surface area contributed by atoms with Gasteiger partial charge in [0.2, 0.25) is 23.6 Å². The van der Waals surface area contributed by atoms with Gasteiger partial charge in [0.15, 0.2) is 5.96 Å². The Morgan fingerprint density at radius 2 is 1.53 bits per heavy atom. The summed E-state index contributed by atoms with van der Waals surface area (Å²) in [7, 11) is 0. The molecule has 7 N–H and O–H groups in total. The highest BCUT2D eigenvalue weighted by Gasteiger charge is 2.46. The number of hydrogen-bond donors (Lipinski definition) is 6. The fourth-order valence-corrected chi connectivity index (χ4v) is 5.92. The quantitative estimate of drug-likeness (QED) is 0.110. The number of piperidine rings is 1. The van der Waals surface area contributed by atoms with E-state index in [1.165, 1.54) is 5.56 Å². The summed E-state index contributed by atoms with van der Waals surface area (Å²) in [5.74, 6) is -1.28. The highest BCUT2D eigenvalue weighted by molar-refractivity contribution is 5.95. The lowest BCUT2D eigenvalue weighted by Gasteiger charge is -2.38. The molecule has 0 radical (unpaired) electrons. The Bertz CT molecular complexity index is 1260. The molecule has 11 heteroatoms. The van der Waals surface area contributed by atoms with Crippen molar-refractivity contribution in [1.82, 2.24) is 26.2 Å². The first-order valence-corrected chi connectivity index (χ1v) is 15.2. The van der Waals surface area contributed by atoms with E-state index >= 15 is 0 Å². The van der Waals surface area contributed by atoms with Crippen molar-refractivity contribution in [2.45, 2.75) is 82.0 Å². The summed E-state index contributed by atoms with van der Waals surface area (Å²) in [6.45, 7) is 0.857. The highest BCUT2D eigenvalue weighted by Crippen LogP contribution is 2.33. The number of aryl methyl sites for hydroxylation is 1. The van der Waals surface area contributed by atoms with Crippen LogP contribution >= 0.6 is 0 Å². The number of carbonyl (C=O) groups is 4. The van der Waals surface area contributed by atoms with E-state index in [0.717, 1.165) is 18.4 Å². The number of carbonyl (C=O) groups excluding carboxylic acids is 4. The Morgan fingerprint density at radius 1 is 0.884 bits per heavy atom. The topological polar surface area (TPSA) is 170 Å². The molecule has 4 atom stereocenters. The number of benzene rings is 2. The lowest BCUT2D eigenvalue weighted by molar-refractivity contribution is -0.146. The molecule has 2 aromatic rings. The van der Waals surface area contributed by atoms with E-state index in [1.54, 1.807) is 4.90 Å². The SMILES string of the molecule is N=C(N)NCCC[C@H](NC(=O)C1CC[C@@H]2CCC(NC(=O)Cc3ccccc3)C(=O)N12)C(=O)NCCCc1ccccc1. The largest absolute Gasteiger partial charge is 0.370 e. The number of fused-ring (bicyclic) bond motifs is 1. The number of rotatable bonds is 14. The maximum Gasteiger partial charge on any atom is 0.246 e. The summed E-state index contributed by atoms with van der Waals surface area (Å²) in [6.07, 6.45) is 5.05. The van der Waals surface area contributed by atoms with E-state index in [2.05, 4.69) is 21.3 Å². The molecule has 11 nitrogen and oxygen atoms in total. The van der Waals surface area contributed by atoms with E-state index in [-0.39, 0.29) is 42.1 Å². The second-order valence-corrected chi connectivity index (χ2v) is 11.3. The number of nitrogens with one attached hydrogen (secondary N) is 5. The lowest BCUT2D eigenvalue weighted by Crippen LogP contribution is -2.60. The zero-order valence-corrected chi connectivity index (χ0v) is 24.5. The Labute approximate surface area is 252 Å². The van der Waals surface area contributed by atoms with Crippen LogP contribution in [0.3, 0.4) is 0 Å². The minimum Gasteiger partial charge on any atom is -0.370 e. The molecule has 2 unspecified atom stereocenters. The van der Waals surface area contributed by atoms with Crippen LogP contribution < -0.4 is 27.0 Å². The lowest BCUT2D eigenvalue weighted by atomic mass is 9.97. The average Bonchev–Trinajstić information content (AvgIpc) is 3.44. The van der Waals surface area contributed by atoms with Crippen molar-refractivity contribution in [3.8, 4) is 0 Å². The van der Waals surface area contributed by atoms with Crippen LogP contribution in [-0.4, -0.2) is 71.7 Å². The number of nitrogens with two attached hydrogens (primary N) is 1. The first-order valence-electron chi connectivity index (χ1n) is 15.2. The monoisotopic (exact) mass is 589 g/mol. The van der Waals surface area contributed by atoms with Crippen molar-refractivity contribution in [3.63, 3.8) is 0 Å². The van der Waals surface area contributed by atoms with E-state index in [1.807, 2.05) is 60.7 Å². The van der Waals surface area contributed by atoms with Crippen molar-refractivity contribution in [2.24, 2.45) is 5.73 Å². The van der Waals surface area contributed by atoms with Crippen molar-refractivity contribution >= 4 is 29.6 Å². The molecule has 0 bridgehead atoms. The summed E-state index contributed by atoms with van der Waals surface area (Å²) < 4.78 is 0. The van der Waals surface area contributed by atoms with Crippen LogP contribution in [-0.2, 0) is 32.0 Å². The molecular formula is C32H43N7O4. The molecule has 2 heterocycles. The molecule has 0 aliphatic carbocycles. The molecule has 0 spiro atoms. The van der Waals surface area contributed by atoms with Crippen LogP contribution in [0.4, 0.5) is 0 Å². The zero-order valence-electron chi connectivity index (χ0n) is 24.5. The third-order valence-corrected chi connectivity index (χ3v) is 8.09. The minimum absolute atomic E-state index is 0.0597. The average molecular weight is 590 g/mol. The van der Waals surface area contributed by atoms with Gasteiger partial charge in [-0.05, 0) is 62.5 Å². The molecule has 2 aromatic carbocycles. The first-order chi connectivity index (χ1) is 20.8. The van der Waals surface area contributed by atoms with Gasteiger partial charge in [-0.15, -0.1) is 0 Å². The normalized spacial score (nSPS) is 20.0. The molecule has 43 heavy (non-hydrogen) atoms. The maximum atomic E-state index is 13.5. The highest BCUT2D eigenvalue weighted by atomic mass is 16.2. The van der Waals surface area contributed by atoms with E-state index in [4.69, 9.17) is 11.1 Å². The number of nitrogens with zero attached hydrogens (tertiary/aromatic N) is 1. The molecule has 4 amide bonds. The predicted octanol–water partition coefficient (Wildman–Crippen LogP) is 1.36. The Kier molecular flexibility index (Phi) is 11.5. The second kappa shape index (κ2) is 15.7. The van der Waals surface area contributed by atoms with Gasteiger partial charge in [-0.2, -0.15) is 0 Å². The van der Waals surface area contributed by atoms with Crippen molar-refractivity contribution < 1.29 is 19.2 Å². The van der Waals surface area contributed by atoms with Crippen molar-refractivity contribution in [3.05, 3.63) is 71.8 Å². The second-order valence-electron chi connectivity index (χ2n) is 11.3. The van der Waals surface area contributed by atoms with Crippen LogP contribution in [0.1, 0.15) is 56.1 Å². The zero-order chi connectivity index (χ0) is 30.6. The number of hydrogen-bond acceptors (Lipinski definition) is 5. The summed E-state index contributed by atoms with van der Waals surface area (Å²) in [6, 6.07) is 17.1. The van der Waals surface area contributed by atoms with Crippen LogP contribution in [0.15, 0.2) is 60.7 Å². The predicted molar refractivity (Wildman–Crippen MR) is 164 cm³/mol. The van der Waals surface area contributed by atoms with Gasteiger partial charge < -0.3 is 31.9 Å². The molecule has 230 valence electrons. The smallest absolute Gasteiger partial charge is 0.246 e. The van der Waals surface area contributed by atoms with Crippen molar-refractivity contribution in [2.75, 3.05) is 13.1 Å². The molecular weight excluding hydrogens is 546 g/mol. The maximum absolute atomic E-state index is 13.5. The van der Waals surface area contributed by atoms with Crippen molar-refractivity contribution in [1.29, 1.82) is 5.41 Å².